The summed E-state index contributed by atoms with van der Waals surface area (Å²) >= 11 is 12.3. The molecule has 0 bridgehead atoms. The van der Waals surface area contributed by atoms with Gasteiger partial charge in [0.2, 0.25) is 15.9 Å². The average molecular weight is 576 g/mol. The number of carbonyl (C=O) groups excluding carboxylic acids is 1. The van der Waals surface area contributed by atoms with E-state index in [9.17, 15) is 18.0 Å². The molecule has 0 unspecified atom stereocenters. The molecular weight excluding hydrogens is 553 g/mol. The minimum atomic E-state index is -3.71. The van der Waals surface area contributed by atoms with E-state index in [0.717, 1.165) is 5.56 Å². The number of hydrogen-bond acceptors (Lipinski definition) is 7. The standard InChI is InChI=1S/C24H23Cl2N7O4S/c1-14(34)27-18-4-6-19(7-5-18)38(36,37)32-10-8-15(9-11-32)22-28-23-21(24(35)29-22)30-31-33(23)13-16-2-3-17(25)12-20(16)26/h2-7,12,15H,8-11,13H2,1H3,(H,27,34)(H,28,29,35). The number of aromatic nitrogens is 5. The van der Waals surface area contributed by atoms with Gasteiger partial charge in [0.25, 0.3) is 5.56 Å². The van der Waals surface area contributed by atoms with Crippen LogP contribution in [0.1, 0.15) is 37.1 Å². The molecule has 3 heterocycles. The molecule has 1 saturated heterocycles. The van der Waals surface area contributed by atoms with Crippen LogP contribution in [0.15, 0.2) is 52.2 Å². The van der Waals surface area contributed by atoms with E-state index in [2.05, 4.69) is 25.6 Å². The zero-order chi connectivity index (χ0) is 27.0. The Labute approximate surface area is 227 Å². The van der Waals surface area contributed by atoms with Crippen molar-refractivity contribution in [2.24, 2.45) is 0 Å². The van der Waals surface area contributed by atoms with Crippen molar-refractivity contribution in [2.45, 2.75) is 37.1 Å². The SMILES string of the molecule is CC(=O)Nc1ccc(S(=O)(=O)N2CCC(c3nc4c(nnn4Cc4ccc(Cl)cc4Cl)c(=O)[nH]3)CC2)cc1. The van der Waals surface area contributed by atoms with E-state index in [1.54, 1.807) is 30.3 Å². The molecule has 1 aliphatic rings. The van der Waals surface area contributed by atoms with Gasteiger partial charge in [0.05, 0.1) is 11.4 Å². The number of aromatic amines is 1. The highest BCUT2D eigenvalue weighted by molar-refractivity contribution is 7.89. The second-order valence-electron chi connectivity index (χ2n) is 8.99. The number of anilines is 1. The largest absolute Gasteiger partial charge is 0.326 e. The lowest BCUT2D eigenvalue weighted by Gasteiger charge is -2.30. The van der Waals surface area contributed by atoms with Crippen LogP contribution in [0.25, 0.3) is 11.2 Å². The van der Waals surface area contributed by atoms with E-state index in [1.807, 2.05) is 0 Å². The van der Waals surface area contributed by atoms with Gasteiger partial charge in [-0.3, -0.25) is 9.59 Å². The van der Waals surface area contributed by atoms with Crippen LogP contribution in [-0.2, 0) is 21.4 Å². The molecule has 2 aromatic carbocycles. The Kier molecular flexibility index (Phi) is 7.23. The number of piperidine rings is 1. The highest BCUT2D eigenvalue weighted by Crippen LogP contribution is 2.30. The van der Waals surface area contributed by atoms with Crippen LogP contribution in [0, 0.1) is 0 Å². The van der Waals surface area contributed by atoms with Gasteiger partial charge in [-0.2, -0.15) is 4.31 Å². The van der Waals surface area contributed by atoms with Crippen LogP contribution in [-0.4, -0.2) is 56.7 Å². The molecule has 0 spiro atoms. The Morgan fingerprint density at radius 1 is 1.13 bits per heavy atom. The zero-order valence-electron chi connectivity index (χ0n) is 20.2. The number of nitrogens with one attached hydrogen (secondary N) is 2. The molecule has 38 heavy (non-hydrogen) atoms. The van der Waals surface area contributed by atoms with Gasteiger partial charge in [-0.25, -0.2) is 18.1 Å². The van der Waals surface area contributed by atoms with Crippen LogP contribution in [0.4, 0.5) is 5.69 Å². The predicted molar refractivity (Wildman–Crippen MR) is 143 cm³/mol. The van der Waals surface area contributed by atoms with E-state index in [1.165, 1.54) is 28.0 Å². The molecule has 0 aliphatic carbocycles. The first-order valence-electron chi connectivity index (χ1n) is 11.8. The lowest BCUT2D eigenvalue weighted by Crippen LogP contribution is -2.38. The summed E-state index contributed by atoms with van der Waals surface area (Å²) in [7, 11) is -3.71. The number of rotatable bonds is 6. The molecule has 0 atom stereocenters. The maximum Gasteiger partial charge on any atom is 0.281 e. The second kappa shape index (κ2) is 10.4. The Morgan fingerprint density at radius 2 is 1.84 bits per heavy atom. The van der Waals surface area contributed by atoms with Gasteiger partial charge in [-0.1, -0.05) is 34.5 Å². The minimum absolute atomic E-state index is 0.113. The monoisotopic (exact) mass is 575 g/mol. The number of benzene rings is 2. The van der Waals surface area contributed by atoms with Crippen LogP contribution in [0.3, 0.4) is 0 Å². The molecule has 1 fully saturated rings. The van der Waals surface area contributed by atoms with Crippen molar-refractivity contribution in [1.29, 1.82) is 0 Å². The molecule has 198 valence electrons. The molecule has 4 aromatic rings. The van der Waals surface area contributed by atoms with Crippen LogP contribution >= 0.6 is 23.2 Å². The van der Waals surface area contributed by atoms with Gasteiger partial charge >= 0.3 is 0 Å². The predicted octanol–water partition coefficient (Wildman–Crippen LogP) is 3.40. The smallest absolute Gasteiger partial charge is 0.281 e. The van der Waals surface area contributed by atoms with Crippen molar-refractivity contribution in [3.05, 3.63) is 74.3 Å². The van der Waals surface area contributed by atoms with E-state index >= 15 is 0 Å². The molecule has 0 saturated carbocycles. The number of H-pyrrole nitrogens is 1. The van der Waals surface area contributed by atoms with Crippen LogP contribution in [0.5, 0.6) is 0 Å². The van der Waals surface area contributed by atoms with Crippen LogP contribution < -0.4 is 10.9 Å². The van der Waals surface area contributed by atoms with Gasteiger partial charge in [0.15, 0.2) is 11.2 Å². The Bertz CT molecular complexity index is 1680. The van der Waals surface area contributed by atoms with E-state index < -0.39 is 15.6 Å². The fourth-order valence-corrected chi connectivity index (χ4v) is 6.36. The molecule has 14 heteroatoms. The number of fused-ring (bicyclic) bond motifs is 1. The van der Waals surface area contributed by atoms with Gasteiger partial charge in [0, 0.05) is 41.7 Å². The van der Waals surface area contributed by atoms with Gasteiger partial charge in [0.1, 0.15) is 5.82 Å². The molecule has 1 amide bonds. The molecule has 1 aliphatic heterocycles. The number of carbonyl (C=O) groups is 1. The molecule has 2 aromatic heterocycles. The summed E-state index contributed by atoms with van der Waals surface area (Å²) in [6, 6.07) is 11.2. The third kappa shape index (κ3) is 5.30. The molecule has 11 nitrogen and oxygen atoms in total. The first kappa shape index (κ1) is 26.3. The normalized spacial score (nSPS) is 15.1. The van der Waals surface area contributed by atoms with Crippen molar-refractivity contribution in [3.63, 3.8) is 0 Å². The summed E-state index contributed by atoms with van der Waals surface area (Å²) in [5.41, 5.74) is 1.29. The van der Waals surface area contributed by atoms with E-state index in [4.69, 9.17) is 23.2 Å². The summed E-state index contributed by atoms with van der Waals surface area (Å²) in [6.07, 6.45) is 0.949. The van der Waals surface area contributed by atoms with Gasteiger partial charge in [-0.05, 0) is 54.8 Å². The molecule has 0 radical (unpaired) electrons. The maximum atomic E-state index is 13.2. The third-order valence-electron chi connectivity index (χ3n) is 6.38. The Hall–Kier alpha value is -3.32. The van der Waals surface area contributed by atoms with Crippen molar-refractivity contribution in [2.75, 3.05) is 18.4 Å². The topological polar surface area (TPSA) is 143 Å². The lowest BCUT2D eigenvalue weighted by atomic mass is 9.97. The third-order valence-corrected chi connectivity index (χ3v) is 8.88. The summed E-state index contributed by atoms with van der Waals surface area (Å²) < 4.78 is 29.2. The fraction of sp³-hybridized carbons (Fsp3) is 0.292. The number of hydrogen-bond donors (Lipinski definition) is 2. The number of nitrogens with zero attached hydrogens (tertiary/aromatic N) is 5. The highest BCUT2D eigenvalue weighted by Gasteiger charge is 2.31. The first-order valence-corrected chi connectivity index (χ1v) is 14.0. The summed E-state index contributed by atoms with van der Waals surface area (Å²) in [5, 5.41) is 11.6. The fourth-order valence-electron chi connectivity index (χ4n) is 4.43. The number of halogens is 2. The summed E-state index contributed by atoms with van der Waals surface area (Å²) in [5.74, 6) is 0.0771. The first-order chi connectivity index (χ1) is 18.1. The average Bonchev–Trinajstić information content (AvgIpc) is 3.29. The van der Waals surface area contributed by atoms with E-state index in [-0.39, 0.29) is 41.9 Å². The van der Waals surface area contributed by atoms with Crippen LogP contribution in [0.2, 0.25) is 10.0 Å². The van der Waals surface area contributed by atoms with Gasteiger partial charge < -0.3 is 10.3 Å². The maximum absolute atomic E-state index is 13.2. The molecule has 2 N–H and O–H groups in total. The second-order valence-corrected chi connectivity index (χ2v) is 11.8. The zero-order valence-corrected chi connectivity index (χ0v) is 22.5. The Balaban J connectivity index is 1.33. The number of sulfonamides is 1. The van der Waals surface area contributed by atoms with Crippen molar-refractivity contribution in [1.82, 2.24) is 29.3 Å². The molecule has 5 rings (SSSR count). The summed E-state index contributed by atoms with van der Waals surface area (Å²) in [4.78, 5) is 31.5. The molecular formula is C24H23Cl2N7O4S. The summed E-state index contributed by atoms with van der Waals surface area (Å²) in [6.45, 7) is 2.16. The van der Waals surface area contributed by atoms with Crippen molar-refractivity contribution >= 4 is 56.0 Å². The highest BCUT2D eigenvalue weighted by atomic mass is 35.5. The number of amides is 1. The van der Waals surface area contributed by atoms with Gasteiger partial charge in [-0.15, -0.1) is 5.10 Å². The lowest BCUT2D eigenvalue weighted by molar-refractivity contribution is -0.114. The van der Waals surface area contributed by atoms with Crippen molar-refractivity contribution in [3.8, 4) is 0 Å². The van der Waals surface area contributed by atoms with E-state index in [0.29, 0.717) is 40.0 Å². The quantitative estimate of drug-likeness (QED) is 0.358. The van der Waals surface area contributed by atoms with Crippen molar-refractivity contribution < 1.29 is 13.2 Å². The minimum Gasteiger partial charge on any atom is -0.326 e. The Morgan fingerprint density at radius 3 is 2.50 bits per heavy atom.